The lowest BCUT2D eigenvalue weighted by atomic mass is 10.0. The smallest absolute Gasteiger partial charge is 0.306 e. The van der Waals surface area contributed by atoms with Crippen LogP contribution in [0.1, 0.15) is 258 Å². The minimum atomic E-state index is -0.792. The van der Waals surface area contributed by atoms with Gasteiger partial charge in [0.05, 0.1) is 25.2 Å². The van der Waals surface area contributed by atoms with Gasteiger partial charge >= 0.3 is 5.97 Å². The van der Waals surface area contributed by atoms with Crippen molar-refractivity contribution in [1.82, 2.24) is 5.32 Å². The van der Waals surface area contributed by atoms with Crippen molar-refractivity contribution in [2.45, 2.75) is 277 Å². The van der Waals surface area contributed by atoms with Crippen molar-refractivity contribution in [2.75, 3.05) is 6.61 Å². The Morgan fingerprint density at radius 3 is 1.41 bits per heavy atom. The summed E-state index contributed by atoms with van der Waals surface area (Å²) >= 11 is 0. The molecule has 1 amide bonds. The van der Waals surface area contributed by atoms with Crippen molar-refractivity contribution in [3.63, 3.8) is 0 Å². The summed E-state index contributed by atoms with van der Waals surface area (Å²) in [5, 5.41) is 23.7. The van der Waals surface area contributed by atoms with E-state index in [-0.39, 0.29) is 24.9 Å². The summed E-state index contributed by atoms with van der Waals surface area (Å²) < 4.78 is 5.90. The number of hydrogen-bond acceptors (Lipinski definition) is 5. The van der Waals surface area contributed by atoms with Crippen LogP contribution in [0.4, 0.5) is 0 Å². The number of amides is 1. The third-order valence-corrected chi connectivity index (χ3v) is 11.5. The number of ether oxygens (including phenoxy) is 1. The first kappa shape index (κ1) is 56.1. The Hall–Kier alpha value is -1.92. The second-order valence-corrected chi connectivity index (χ2v) is 17.2. The molecule has 58 heavy (non-hydrogen) atoms. The first-order valence-electron chi connectivity index (χ1n) is 25.2. The number of rotatable bonds is 45. The maximum absolute atomic E-state index is 13.2. The van der Waals surface area contributed by atoms with E-state index >= 15 is 0 Å². The van der Waals surface area contributed by atoms with Crippen LogP contribution in [-0.4, -0.2) is 46.9 Å². The molecule has 0 aliphatic carbocycles. The molecule has 0 saturated carbocycles. The zero-order valence-electron chi connectivity index (χ0n) is 38.7. The van der Waals surface area contributed by atoms with E-state index in [1.54, 1.807) is 0 Å². The van der Waals surface area contributed by atoms with Gasteiger partial charge in [-0.1, -0.05) is 211 Å². The van der Waals surface area contributed by atoms with Crippen LogP contribution >= 0.6 is 0 Å². The summed E-state index contributed by atoms with van der Waals surface area (Å²) in [5.74, 6) is -0.500. The van der Waals surface area contributed by atoms with Crippen LogP contribution < -0.4 is 5.32 Å². The number of unbranched alkanes of at least 4 members (excludes halogenated alkanes) is 28. The van der Waals surface area contributed by atoms with Gasteiger partial charge in [0.25, 0.3) is 0 Å². The first-order valence-corrected chi connectivity index (χ1v) is 25.2. The molecule has 0 radical (unpaired) electrons. The Kier molecular flexibility index (Phi) is 44.6. The van der Waals surface area contributed by atoms with Gasteiger partial charge in [0.1, 0.15) is 6.10 Å². The highest BCUT2D eigenvalue weighted by Crippen LogP contribution is 2.18. The molecule has 0 bridgehead atoms. The summed E-state index contributed by atoms with van der Waals surface area (Å²) in [6.07, 6.45) is 53.4. The van der Waals surface area contributed by atoms with Crippen LogP contribution in [-0.2, 0) is 14.3 Å². The zero-order chi connectivity index (χ0) is 42.4. The highest BCUT2D eigenvalue weighted by molar-refractivity contribution is 5.77. The number of hydrogen-bond donors (Lipinski definition) is 3. The van der Waals surface area contributed by atoms with Crippen molar-refractivity contribution in [2.24, 2.45) is 0 Å². The van der Waals surface area contributed by atoms with Crippen molar-refractivity contribution in [3.05, 3.63) is 36.5 Å². The van der Waals surface area contributed by atoms with Crippen LogP contribution in [0, 0.1) is 0 Å². The second kappa shape index (κ2) is 46.2. The Labute approximate surface area is 360 Å². The summed E-state index contributed by atoms with van der Waals surface area (Å²) in [6.45, 7) is 6.41. The Bertz CT molecular complexity index is 961. The number of carbonyl (C=O) groups excluding carboxylic acids is 2. The van der Waals surface area contributed by atoms with E-state index in [2.05, 4.69) is 62.5 Å². The monoisotopic (exact) mass is 816 g/mol. The third kappa shape index (κ3) is 40.8. The molecule has 0 fully saturated rings. The van der Waals surface area contributed by atoms with Crippen LogP contribution in [0.2, 0.25) is 0 Å². The van der Waals surface area contributed by atoms with E-state index in [1.807, 2.05) is 0 Å². The molecule has 0 aliphatic heterocycles. The minimum absolute atomic E-state index is 0.0625. The molecular formula is C52H97NO5. The molecule has 0 heterocycles. The maximum Gasteiger partial charge on any atom is 0.306 e. The fourth-order valence-electron chi connectivity index (χ4n) is 7.58. The maximum atomic E-state index is 13.2. The molecule has 0 aromatic heterocycles. The lowest BCUT2D eigenvalue weighted by Crippen LogP contribution is -2.46. The van der Waals surface area contributed by atoms with Crippen LogP contribution in [0.5, 0.6) is 0 Å². The first-order chi connectivity index (χ1) is 28.5. The molecule has 0 spiro atoms. The number of nitrogens with one attached hydrogen (secondary N) is 1. The quantitative estimate of drug-likeness (QED) is 0.0246. The normalized spacial score (nSPS) is 13.5. The molecular weight excluding hydrogens is 719 g/mol. The van der Waals surface area contributed by atoms with Crippen molar-refractivity contribution in [3.8, 4) is 0 Å². The highest BCUT2D eigenvalue weighted by atomic mass is 16.5. The molecule has 340 valence electrons. The fourth-order valence-corrected chi connectivity index (χ4v) is 7.58. The topological polar surface area (TPSA) is 95.9 Å². The predicted octanol–water partition coefficient (Wildman–Crippen LogP) is 14.9. The lowest BCUT2D eigenvalue weighted by molar-refractivity contribution is -0.151. The molecule has 3 atom stereocenters. The molecule has 0 aromatic carbocycles. The largest absolute Gasteiger partial charge is 0.462 e. The fraction of sp³-hybridized carbons (Fsp3) is 0.846. The van der Waals surface area contributed by atoms with E-state index in [4.69, 9.17) is 4.74 Å². The standard InChI is InChI=1S/C52H97NO5/c1-4-7-10-13-16-19-22-24-25-27-30-32-35-38-41-44-50(55)49(47-54)53-51(56)46-48(43-40-37-34-31-29-26-23-20-17-14-11-8-5-2)58-52(57)45-42-39-36-33-28-21-18-15-12-9-6-3/h15,17-18,20,23,26,48-50,54-55H,4-14,16,19,21-22,24-25,27-47H2,1-3H3,(H,53,56)/b18-15-,20-17+,26-23+. The van der Waals surface area contributed by atoms with Crippen molar-refractivity contribution < 1.29 is 24.5 Å². The van der Waals surface area contributed by atoms with Gasteiger partial charge in [0, 0.05) is 6.42 Å². The summed E-state index contributed by atoms with van der Waals surface area (Å²) in [5.41, 5.74) is 0. The third-order valence-electron chi connectivity index (χ3n) is 11.5. The second-order valence-electron chi connectivity index (χ2n) is 17.2. The highest BCUT2D eigenvalue weighted by Gasteiger charge is 2.24. The molecule has 3 unspecified atom stereocenters. The Morgan fingerprint density at radius 2 is 0.897 bits per heavy atom. The number of esters is 1. The van der Waals surface area contributed by atoms with Crippen molar-refractivity contribution in [1.29, 1.82) is 0 Å². The number of carbonyl (C=O) groups is 2. The van der Waals surface area contributed by atoms with Gasteiger partial charge in [-0.15, -0.1) is 0 Å². The van der Waals surface area contributed by atoms with E-state index < -0.39 is 18.2 Å². The molecule has 0 aromatic rings. The number of allylic oxidation sites excluding steroid dienone is 6. The summed E-state index contributed by atoms with van der Waals surface area (Å²) in [6, 6.07) is -0.707. The van der Waals surface area contributed by atoms with Gasteiger partial charge in [-0.2, -0.15) is 0 Å². The molecule has 0 saturated heterocycles. The van der Waals surface area contributed by atoms with Gasteiger partial charge in [-0.25, -0.2) is 0 Å². The Balaban J connectivity index is 4.56. The minimum Gasteiger partial charge on any atom is -0.462 e. The van der Waals surface area contributed by atoms with Gasteiger partial charge in [-0.3, -0.25) is 9.59 Å². The molecule has 0 rings (SSSR count). The van der Waals surface area contributed by atoms with Gasteiger partial charge in [0.15, 0.2) is 0 Å². The van der Waals surface area contributed by atoms with Gasteiger partial charge < -0.3 is 20.3 Å². The van der Waals surface area contributed by atoms with Gasteiger partial charge in [0.2, 0.25) is 5.91 Å². The van der Waals surface area contributed by atoms with Crippen molar-refractivity contribution >= 4 is 11.9 Å². The van der Waals surface area contributed by atoms with Crippen LogP contribution in [0.15, 0.2) is 36.5 Å². The number of aliphatic hydroxyl groups is 2. The van der Waals surface area contributed by atoms with Crippen LogP contribution in [0.25, 0.3) is 0 Å². The number of aliphatic hydroxyl groups excluding tert-OH is 2. The molecule has 6 nitrogen and oxygen atoms in total. The molecule has 6 heteroatoms. The van der Waals surface area contributed by atoms with Crippen LogP contribution in [0.3, 0.4) is 0 Å². The van der Waals surface area contributed by atoms with E-state index in [0.717, 1.165) is 83.5 Å². The average Bonchev–Trinajstić information content (AvgIpc) is 3.22. The SMILES string of the molecule is CCCC/C=C\CCCCCCCC(=O)OC(CCCCCC/C=C/C=C/CCCCC)CC(=O)NC(CO)C(O)CCCCCCCCCCCCCCCCC. The zero-order valence-corrected chi connectivity index (χ0v) is 38.7. The predicted molar refractivity (Wildman–Crippen MR) is 250 cm³/mol. The van der Waals surface area contributed by atoms with E-state index in [1.165, 1.54) is 128 Å². The van der Waals surface area contributed by atoms with Gasteiger partial charge in [-0.05, 0) is 70.6 Å². The molecule has 0 aliphatic rings. The average molecular weight is 816 g/mol. The summed E-state index contributed by atoms with van der Waals surface area (Å²) in [7, 11) is 0. The van der Waals surface area contributed by atoms with E-state index in [9.17, 15) is 19.8 Å². The Morgan fingerprint density at radius 1 is 0.500 bits per heavy atom. The lowest BCUT2D eigenvalue weighted by Gasteiger charge is -2.24. The molecule has 3 N–H and O–H groups in total. The summed E-state index contributed by atoms with van der Waals surface area (Å²) in [4.78, 5) is 26.1. The van der Waals surface area contributed by atoms with E-state index in [0.29, 0.717) is 19.3 Å².